The molecule has 0 N–H and O–H groups in total. The zero-order valence-electron chi connectivity index (χ0n) is 16.9. The van der Waals surface area contributed by atoms with Crippen LogP contribution in [0.15, 0.2) is 74.5 Å². The van der Waals surface area contributed by atoms with E-state index in [2.05, 4.69) is 31.9 Å². The number of hydrogen-bond donors (Lipinski definition) is 0. The third kappa shape index (κ3) is 5.69. The number of rotatable bonds is 6. The molecule has 0 aliphatic carbocycles. The van der Waals surface area contributed by atoms with Crippen molar-refractivity contribution < 1.29 is 18.7 Å². The second kappa shape index (κ2) is 10.4. The van der Waals surface area contributed by atoms with Crippen LogP contribution in [0.2, 0.25) is 5.02 Å². The summed E-state index contributed by atoms with van der Waals surface area (Å²) in [5, 5.41) is 0.256. The number of carbonyl (C=O) groups is 2. The Bertz CT molecular complexity index is 1240. The van der Waals surface area contributed by atoms with E-state index in [1.807, 2.05) is 18.2 Å². The highest BCUT2D eigenvalue weighted by Gasteiger charge is 2.35. The summed E-state index contributed by atoms with van der Waals surface area (Å²) >= 11 is 14.1. The first-order valence-corrected chi connectivity index (χ1v) is 12.4. The van der Waals surface area contributed by atoms with Gasteiger partial charge < -0.3 is 4.74 Å². The highest BCUT2D eigenvalue weighted by atomic mass is 79.9. The van der Waals surface area contributed by atoms with Gasteiger partial charge in [0, 0.05) is 10.6 Å². The molecule has 4 rings (SSSR count). The van der Waals surface area contributed by atoms with Crippen molar-refractivity contribution in [1.29, 1.82) is 0 Å². The molecule has 0 atom stereocenters. The van der Waals surface area contributed by atoms with E-state index in [1.165, 1.54) is 12.1 Å². The van der Waals surface area contributed by atoms with Crippen LogP contribution < -0.4 is 4.74 Å². The summed E-state index contributed by atoms with van der Waals surface area (Å²) < 4.78 is 20.4. The predicted octanol–water partition coefficient (Wildman–Crippen LogP) is 7.82. The highest BCUT2D eigenvalue weighted by molar-refractivity contribution is 9.11. The van der Waals surface area contributed by atoms with Crippen LogP contribution >= 0.6 is 55.2 Å². The maximum atomic E-state index is 13.1. The number of carbonyl (C=O) groups excluding carboxylic acids is 2. The molecule has 0 unspecified atom stereocenters. The van der Waals surface area contributed by atoms with E-state index >= 15 is 0 Å². The molecule has 1 aliphatic heterocycles. The lowest BCUT2D eigenvalue weighted by atomic mass is 10.2. The average Bonchev–Trinajstić information content (AvgIpc) is 3.03. The van der Waals surface area contributed by atoms with E-state index < -0.39 is 0 Å². The monoisotopic (exact) mass is 609 g/mol. The van der Waals surface area contributed by atoms with E-state index in [0.29, 0.717) is 42.4 Å². The molecule has 0 aromatic heterocycles. The van der Waals surface area contributed by atoms with Gasteiger partial charge in [-0.1, -0.05) is 41.9 Å². The number of hydrogen-bond acceptors (Lipinski definition) is 4. The van der Waals surface area contributed by atoms with Crippen LogP contribution in [0.3, 0.4) is 0 Å². The van der Waals surface area contributed by atoms with Crippen LogP contribution in [-0.2, 0) is 17.9 Å². The van der Waals surface area contributed by atoms with Crippen molar-refractivity contribution >= 4 is 72.4 Å². The highest BCUT2D eigenvalue weighted by Crippen LogP contribution is 2.38. The summed E-state index contributed by atoms with van der Waals surface area (Å²) in [5.41, 5.74) is 2.24. The molecule has 1 heterocycles. The number of ether oxygens (including phenoxy) is 1. The van der Waals surface area contributed by atoms with E-state index in [-0.39, 0.29) is 23.5 Å². The fraction of sp³-hybridized carbons (Fsp3) is 0.0833. The van der Waals surface area contributed by atoms with Crippen molar-refractivity contribution in [1.82, 2.24) is 4.90 Å². The summed E-state index contributed by atoms with van der Waals surface area (Å²) in [4.78, 5) is 26.7. The van der Waals surface area contributed by atoms with Crippen LogP contribution in [-0.4, -0.2) is 16.0 Å². The van der Waals surface area contributed by atoms with Crippen molar-refractivity contribution in [3.8, 4) is 5.75 Å². The van der Waals surface area contributed by atoms with Crippen molar-refractivity contribution in [3.05, 3.63) is 102 Å². The molecular formula is C24H15Br2ClFNO3S. The van der Waals surface area contributed by atoms with Gasteiger partial charge in [0.25, 0.3) is 11.1 Å². The molecule has 3 aromatic carbocycles. The largest absolute Gasteiger partial charge is 0.486 e. The summed E-state index contributed by atoms with van der Waals surface area (Å²) in [6.45, 7) is 0.378. The topological polar surface area (TPSA) is 46.6 Å². The molecule has 1 fully saturated rings. The molecule has 168 valence electrons. The first-order chi connectivity index (χ1) is 15.8. The molecule has 9 heteroatoms. The zero-order valence-corrected chi connectivity index (χ0v) is 21.6. The minimum Gasteiger partial charge on any atom is -0.486 e. The van der Waals surface area contributed by atoms with E-state index in [0.717, 1.165) is 22.2 Å². The third-order valence-corrected chi connectivity index (χ3v) is 7.23. The zero-order chi connectivity index (χ0) is 23.5. The molecule has 1 aliphatic rings. The van der Waals surface area contributed by atoms with Crippen LogP contribution in [0.4, 0.5) is 9.18 Å². The van der Waals surface area contributed by atoms with Crippen LogP contribution in [0.5, 0.6) is 5.75 Å². The Labute approximate surface area is 216 Å². The van der Waals surface area contributed by atoms with Gasteiger partial charge in [0.1, 0.15) is 18.2 Å². The first kappa shape index (κ1) is 24.0. The maximum absolute atomic E-state index is 13.1. The normalized spacial score (nSPS) is 14.9. The number of amides is 2. The molecule has 2 amide bonds. The minimum absolute atomic E-state index is 0.0878. The number of halogens is 4. The van der Waals surface area contributed by atoms with Gasteiger partial charge in [0.05, 0.1) is 20.4 Å². The van der Waals surface area contributed by atoms with Crippen molar-refractivity contribution in [3.63, 3.8) is 0 Å². The van der Waals surface area contributed by atoms with Gasteiger partial charge in [-0.15, -0.1) is 0 Å². The van der Waals surface area contributed by atoms with Gasteiger partial charge in [-0.3, -0.25) is 14.5 Å². The molecule has 0 spiro atoms. The number of imide groups is 1. The van der Waals surface area contributed by atoms with E-state index in [1.54, 1.807) is 36.4 Å². The van der Waals surface area contributed by atoms with Gasteiger partial charge in [-0.2, -0.15) is 0 Å². The standard InChI is InChI=1S/C24H15Br2ClFNO3S/c25-18-9-15(10-19(26)22(18)32-13-16-3-1-2-4-20(16)27)11-21-23(30)29(24(31)33-21)12-14-5-7-17(28)8-6-14/h1-11H,12-13H2/b21-11-. The Morgan fingerprint density at radius 2 is 1.70 bits per heavy atom. The summed E-state index contributed by atoms with van der Waals surface area (Å²) in [6.07, 6.45) is 1.66. The summed E-state index contributed by atoms with van der Waals surface area (Å²) in [7, 11) is 0. The number of thioether (sulfide) groups is 1. The predicted molar refractivity (Wildman–Crippen MR) is 136 cm³/mol. The molecule has 4 nitrogen and oxygen atoms in total. The number of nitrogens with zero attached hydrogens (tertiary/aromatic N) is 1. The quantitative estimate of drug-likeness (QED) is 0.267. The Kier molecular flexibility index (Phi) is 7.58. The fourth-order valence-corrected chi connectivity index (χ4v) is 5.61. The molecule has 33 heavy (non-hydrogen) atoms. The van der Waals surface area contributed by atoms with Gasteiger partial charge in [-0.25, -0.2) is 4.39 Å². The second-order valence-corrected chi connectivity index (χ2v) is 10.2. The summed E-state index contributed by atoms with van der Waals surface area (Å²) in [5.74, 6) is -0.166. The Hall–Kier alpha value is -2.13. The Morgan fingerprint density at radius 3 is 2.36 bits per heavy atom. The molecular weight excluding hydrogens is 597 g/mol. The van der Waals surface area contributed by atoms with Gasteiger partial charge in [-0.05, 0) is 91.2 Å². The lowest BCUT2D eigenvalue weighted by molar-refractivity contribution is -0.123. The van der Waals surface area contributed by atoms with Crippen LogP contribution in [0.25, 0.3) is 6.08 Å². The van der Waals surface area contributed by atoms with Gasteiger partial charge >= 0.3 is 0 Å². The molecule has 0 radical (unpaired) electrons. The SMILES string of the molecule is O=C1S/C(=C\c2cc(Br)c(OCc3ccccc3Cl)c(Br)c2)C(=O)N1Cc1ccc(F)cc1. The maximum Gasteiger partial charge on any atom is 0.293 e. The molecule has 3 aromatic rings. The average molecular weight is 612 g/mol. The van der Waals surface area contributed by atoms with Crippen LogP contribution in [0.1, 0.15) is 16.7 Å². The van der Waals surface area contributed by atoms with Crippen molar-refractivity contribution in [2.75, 3.05) is 0 Å². The van der Waals surface area contributed by atoms with E-state index in [4.69, 9.17) is 16.3 Å². The fourth-order valence-electron chi connectivity index (χ4n) is 3.13. The molecule has 0 bridgehead atoms. The lowest BCUT2D eigenvalue weighted by Gasteiger charge is -2.13. The van der Waals surface area contributed by atoms with Gasteiger partial charge in [0.15, 0.2) is 0 Å². The Balaban J connectivity index is 1.50. The van der Waals surface area contributed by atoms with Gasteiger partial charge in [0.2, 0.25) is 0 Å². The third-order valence-electron chi connectivity index (χ3n) is 4.78. The van der Waals surface area contributed by atoms with Crippen LogP contribution in [0, 0.1) is 5.82 Å². The smallest absolute Gasteiger partial charge is 0.293 e. The Morgan fingerprint density at radius 1 is 1.03 bits per heavy atom. The lowest BCUT2D eigenvalue weighted by Crippen LogP contribution is -2.27. The minimum atomic E-state index is -0.388. The van der Waals surface area contributed by atoms with Crippen molar-refractivity contribution in [2.45, 2.75) is 13.2 Å². The number of benzene rings is 3. The molecule has 1 saturated heterocycles. The first-order valence-electron chi connectivity index (χ1n) is 9.67. The second-order valence-electron chi connectivity index (χ2n) is 7.09. The van der Waals surface area contributed by atoms with E-state index in [9.17, 15) is 14.0 Å². The van der Waals surface area contributed by atoms with Crippen molar-refractivity contribution in [2.24, 2.45) is 0 Å². The molecule has 0 saturated carbocycles. The summed E-state index contributed by atoms with van der Waals surface area (Å²) in [6, 6.07) is 16.8.